The summed E-state index contributed by atoms with van der Waals surface area (Å²) >= 11 is 0. The lowest BCUT2D eigenvalue weighted by Gasteiger charge is -2.19. The third-order valence-electron chi connectivity index (χ3n) is 5.03. The van der Waals surface area contributed by atoms with Gasteiger partial charge >= 0.3 is 11.9 Å². The maximum atomic E-state index is 13.1. The number of ether oxygens (including phenoxy) is 2. The van der Waals surface area contributed by atoms with Crippen LogP contribution in [0.3, 0.4) is 0 Å². The minimum absolute atomic E-state index is 0.114. The molecular weight excluding hydrogens is 412 g/mol. The Bertz CT molecular complexity index is 993. The zero-order valence-electron chi connectivity index (χ0n) is 18.6. The van der Waals surface area contributed by atoms with E-state index < -0.39 is 17.7 Å². The maximum absolute atomic E-state index is 13.1. The van der Waals surface area contributed by atoms with Crippen LogP contribution in [0.25, 0.3) is 0 Å². The van der Waals surface area contributed by atoms with Crippen molar-refractivity contribution in [2.24, 2.45) is 0 Å². The first-order chi connectivity index (χ1) is 15.2. The van der Waals surface area contributed by atoms with Crippen molar-refractivity contribution >= 4 is 23.5 Å². The molecule has 3 rings (SSSR count). The van der Waals surface area contributed by atoms with E-state index in [2.05, 4.69) is 0 Å². The van der Waals surface area contributed by atoms with Crippen LogP contribution >= 0.6 is 0 Å². The monoisotopic (exact) mass is 438 g/mol. The van der Waals surface area contributed by atoms with Gasteiger partial charge in [0, 0.05) is 35.3 Å². The highest BCUT2D eigenvalue weighted by Gasteiger charge is 2.31. The number of nitrogens with zero attached hydrogens (tertiary/aromatic N) is 2. The highest BCUT2D eigenvalue weighted by Crippen LogP contribution is 2.29. The fourth-order valence-electron chi connectivity index (χ4n) is 3.21. The van der Waals surface area contributed by atoms with Crippen molar-refractivity contribution < 1.29 is 28.7 Å². The fraction of sp³-hybridized carbons (Fsp3) is 0.333. The molecule has 168 valence electrons. The van der Waals surface area contributed by atoms with Crippen LogP contribution < -0.4 is 0 Å². The van der Waals surface area contributed by atoms with Gasteiger partial charge in [0.1, 0.15) is 13.2 Å². The molecule has 0 saturated carbocycles. The average Bonchev–Trinajstić information content (AvgIpc) is 2.76. The van der Waals surface area contributed by atoms with Crippen LogP contribution in [0, 0.1) is 0 Å². The van der Waals surface area contributed by atoms with Crippen LogP contribution in [-0.2, 0) is 9.47 Å². The molecule has 2 aromatic carbocycles. The molecule has 0 atom stereocenters. The molecule has 0 aliphatic heterocycles. The Morgan fingerprint density at radius 2 is 1.03 bits per heavy atom. The predicted molar refractivity (Wildman–Crippen MR) is 117 cm³/mol. The Labute approximate surface area is 186 Å². The lowest BCUT2D eigenvalue weighted by molar-refractivity contribution is 0.0472. The van der Waals surface area contributed by atoms with Gasteiger partial charge in [-0.3, -0.25) is 9.59 Å². The molecule has 0 spiro atoms. The van der Waals surface area contributed by atoms with Gasteiger partial charge in [-0.2, -0.15) is 0 Å². The van der Waals surface area contributed by atoms with Gasteiger partial charge in [0.15, 0.2) is 11.6 Å². The van der Waals surface area contributed by atoms with Gasteiger partial charge in [-0.05, 0) is 64.6 Å². The number of benzene rings is 2. The molecule has 0 amide bonds. The Balaban J connectivity index is 1.84. The van der Waals surface area contributed by atoms with Crippen molar-refractivity contribution in [2.45, 2.75) is 0 Å². The minimum Gasteiger partial charge on any atom is -0.461 e. The highest BCUT2D eigenvalue weighted by molar-refractivity contribution is 6.29. The second-order valence-corrected chi connectivity index (χ2v) is 8.06. The lowest BCUT2D eigenvalue weighted by Crippen LogP contribution is -2.24. The van der Waals surface area contributed by atoms with E-state index >= 15 is 0 Å². The third kappa shape index (κ3) is 5.09. The van der Waals surface area contributed by atoms with Crippen molar-refractivity contribution in [1.29, 1.82) is 0 Å². The van der Waals surface area contributed by atoms with Crippen molar-refractivity contribution in [3.8, 4) is 0 Å². The Morgan fingerprint density at radius 1 is 0.656 bits per heavy atom. The number of ketones is 2. The van der Waals surface area contributed by atoms with Crippen LogP contribution in [0.2, 0.25) is 0 Å². The molecule has 0 radical (unpaired) electrons. The van der Waals surface area contributed by atoms with E-state index in [-0.39, 0.29) is 52.4 Å². The molecule has 8 nitrogen and oxygen atoms in total. The van der Waals surface area contributed by atoms with Crippen molar-refractivity contribution in [3.05, 3.63) is 69.8 Å². The molecule has 0 N–H and O–H groups in total. The number of carbonyl (C=O) groups is 4. The molecule has 0 aromatic heterocycles. The molecular formula is C24H26N2O6. The van der Waals surface area contributed by atoms with Crippen molar-refractivity contribution in [2.75, 3.05) is 54.5 Å². The van der Waals surface area contributed by atoms with Gasteiger partial charge in [-0.15, -0.1) is 0 Å². The standard InChI is InChI=1S/C24H26N2O6/c1-25(2)9-11-31-23(29)15-5-7-17-19(13-15)22(28)20-14-16(6-8-18(20)21(17)27)24(30)32-12-10-26(3)4/h5-8,13-14H,9-12H2,1-4H3. The summed E-state index contributed by atoms with van der Waals surface area (Å²) in [5.74, 6) is -1.91. The number of carbonyl (C=O) groups excluding carboxylic acids is 4. The third-order valence-corrected chi connectivity index (χ3v) is 5.03. The fourth-order valence-corrected chi connectivity index (χ4v) is 3.21. The minimum atomic E-state index is -0.570. The molecule has 0 bridgehead atoms. The number of fused-ring (bicyclic) bond motifs is 2. The van der Waals surface area contributed by atoms with Gasteiger partial charge in [0.05, 0.1) is 11.1 Å². The Hall–Kier alpha value is -3.36. The van der Waals surface area contributed by atoms with Crippen LogP contribution in [0.4, 0.5) is 0 Å². The summed E-state index contributed by atoms with van der Waals surface area (Å²) in [5.41, 5.74) is 1.03. The normalized spacial score (nSPS) is 12.6. The van der Waals surface area contributed by atoms with E-state index in [0.29, 0.717) is 13.1 Å². The van der Waals surface area contributed by atoms with Gasteiger partial charge in [-0.1, -0.05) is 0 Å². The summed E-state index contributed by atoms with van der Waals surface area (Å²) in [6, 6.07) is 8.62. The number of hydrogen-bond donors (Lipinski definition) is 0. The first kappa shape index (κ1) is 23.3. The van der Waals surface area contributed by atoms with Crippen molar-refractivity contribution in [3.63, 3.8) is 0 Å². The molecule has 1 aliphatic carbocycles. The molecule has 0 unspecified atom stereocenters. The number of esters is 2. The second kappa shape index (κ2) is 9.84. The van der Waals surface area contributed by atoms with E-state index in [1.807, 2.05) is 38.0 Å². The molecule has 1 aliphatic rings. The van der Waals surface area contributed by atoms with Gasteiger partial charge in [0.25, 0.3) is 0 Å². The smallest absolute Gasteiger partial charge is 0.338 e. The number of hydrogen-bond acceptors (Lipinski definition) is 8. The molecule has 0 fully saturated rings. The molecule has 32 heavy (non-hydrogen) atoms. The average molecular weight is 438 g/mol. The Morgan fingerprint density at radius 3 is 1.41 bits per heavy atom. The predicted octanol–water partition coefficient (Wildman–Crippen LogP) is 1.90. The van der Waals surface area contributed by atoms with Crippen LogP contribution in [-0.4, -0.2) is 87.8 Å². The maximum Gasteiger partial charge on any atom is 0.338 e. The van der Waals surface area contributed by atoms with E-state index in [4.69, 9.17) is 9.47 Å². The van der Waals surface area contributed by atoms with Gasteiger partial charge < -0.3 is 19.3 Å². The first-order valence-corrected chi connectivity index (χ1v) is 10.2. The van der Waals surface area contributed by atoms with E-state index in [0.717, 1.165) is 0 Å². The molecule has 8 heteroatoms. The first-order valence-electron chi connectivity index (χ1n) is 10.2. The van der Waals surface area contributed by atoms with E-state index in [1.54, 1.807) is 0 Å². The summed E-state index contributed by atoms with van der Waals surface area (Å²) in [5, 5.41) is 0. The summed E-state index contributed by atoms with van der Waals surface area (Å²) in [7, 11) is 7.45. The van der Waals surface area contributed by atoms with E-state index in [1.165, 1.54) is 36.4 Å². The van der Waals surface area contributed by atoms with Crippen LogP contribution in [0.1, 0.15) is 52.6 Å². The summed E-state index contributed by atoms with van der Waals surface area (Å²) in [4.78, 5) is 54.5. The largest absolute Gasteiger partial charge is 0.461 e. The zero-order chi connectivity index (χ0) is 23.4. The van der Waals surface area contributed by atoms with Crippen LogP contribution in [0.15, 0.2) is 36.4 Å². The summed E-state index contributed by atoms with van der Waals surface area (Å²) < 4.78 is 10.4. The zero-order valence-corrected chi connectivity index (χ0v) is 18.6. The van der Waals surface area contributed by atoms with Gasteiger partial charge in [0.2, 0.25) is 0 Å². The van der Waals surface area contributed by atoms with Gasteiger partial charge in [-0.25, -0.2) is 9.59 Å². The Kier molecular flexibility index (Phi) is 7.17. The summed E-state index contributed by atoms with van der Waals surface area (Å²) in [6.07, 6.45) is 0. The number of rotatable bonds is 8. The second-order valence-electron chi connectivity index (χ2n) is 8.06. The molecule has 0 heterocycles. The van der Waals surface area contributed by atoms with Crippen LogP contribution in [0.5, 0.6) is 0 Å². The molecule has 2 aromatic rings. The van der Waals surface area contributed by atoms with Crippen molar-refractivity contribution in [1.82, 2.24) is 9.80 Å². The number of likely N-dealkylation sites (N-methyl/N-ethyl adjacent to an activating group) is 2. The molecule has 0 saturated heterocycles. The lowest BCUT2D eigenvalue weighted by atomic mass is 9.82. The SMILES string of the molecule is CN(C)CCOC(=O)c1ccc2c(c1)C(=O)c1cc(C(=O)OCCN(C)C)ccc1C2=O. The topological polar surface area (TPSA) is 93.2 Å². The summed E-state index contributed by atoms with van der Waals surface area (Å²) in [6.45, 7) is 1.54. The highest BCUT2D eigenvalue weighted by atomic mass is 16.5. The quantitative estimate of drug-likeness (QED) is 0.493. The van der Waals surface area contributed by atoms with E-state index in [9.17, 15) is 19.2 Å².